The van der Waals surface area contributed by atoms with Crippen molar-refractivity contribution < 1.29 is 14.2 Å². The summed E-state index contributed by atoms with van der Waals surface area (Å²) in [5.41, 5.74) is 2.76. The monoisotopic (exact) mass is 267 g/mol. The van der Waals surface area contributed by atoms with Crippen molar-refractivity contribution >= 4 is 0 Å². The van der Waals surface area contributed by atoms with Crippen molar-refractivity contribution in [2.45, 2.75) is 13.5 Å². The molecule has 2 aromatic rings. The Morgan fingerprint density at radius 2 is 2.00 bits per heavy atom. The van der Waals surface area contributed by atoms with E-state index in [4.69, 9.17) is 19.5 Å². The molecule has 0 atom stereocenters. The Morgan fingerprint density at radius 3 is 2.80 bits per heavy atom. The van der Waals surface area contributed by atoms with E-state index in [1.54, 1.807) is 6.07 Å². The highest BCUT2D eigenvalue weighted by molar-refractivity contribution is 5.47. The number of hydrogen-bond donors (Lipinski definition) is 0. The van der Waals surface area contributed by atoms with Crippen LogP contribution in [0.25, 0.3) is 0 Å². The molecule has 0 amide bonds. The summed E-state index contributed by atoms with van der Waals surface area (Å²) in [4.78, 5) is 0. The van der Waals surface area contributed by atoms with Gasteiger partial charge in [0.15, 0.2) is 11.5 Å². The molecule has 4 heteroatoms. The van der Waals surface area contributed by atoms with Gasteiger partial charge in [0.1, 0.15) is 12.4 Å². The fraction of sp³-hybridized carbons (Fsp3) is 0.188. The number of benzene rings is 2. The molecule has 1 aliphatic rings. The van der Waals surface area contributed by atoms with E-state index in [-0.39, 0.29) is 6.79 Å². The third kappa shape index (κ3) is 2.39. The minimum atomic E-state index is 0.257. The fourth-order valence-electron chi connectivity index (χ4n) is 2.06. The standard InChI is InChI=1S/C16H13NO3/c1-11-6-12(8-17)2-3-13(11)9-18-14-4-5-15-16(7-14)20-10-19-15/h2-7H,9-10H2,1H3. The molecule has 0 N–H and O–H groups in total. The lowest BCUT2D eigenvalue weighted by Crippen LogP contribution is -1.98. The highest BCUT2D eigenvalue weighted by atomic mass is 16.7. The van der Waals surface area contributed by atoms with Crippen LogP contribution < -0.4 is 14.2 Å². The largest absolute Gasteiger partial charge is 0.489 e. The van der Waals surface area contributed by atoms with Crippen LogP contribution in [0.5, 0.6) is 17.2 Å². The summed E-state index contributed by atoms with van der Waals surface area (Å²) >= 11 is 0. The number of fused-ring (bicyclic) bond motifs is 1. The Bertz CT molecular complexity index is 689. The first kappa shape index (κ1) is 12.4. The lowest BCUT2D eigenvalue weighted by atomic mass is 10.1. The summed E-state index contributed by atoms with van der Waals surface area (Å²) in [5, 5.41) is 8.84. The molecule has 1 aliphatic heterocycles. The quantitative estimate of drug-likeness (QED) is 0.857. The lowest BCUT2D eigenvalue weighted by Gasteiger charge is -2.09. The first-order valence-corrected chi connectivity index (χ1v) is 6.28. The van der Waals surface area contributed by atoms with E-state index in [0.717, 1.165) is 22.6 Å². The van der Waals surface area contributed by atoms with Crippen LogP contribution >= 0.6 is 0 Å². The first-order valence-electron chi connectivity index (χ1n) is 6.28. The molecule has 20 heavy (non-hydrogen) atoms. The van der Waals surface area contributed by atoms with Crippen molar-refractivity contribution in [2.75, 3.05) is 6.79 Å². The summed E-state index contributed by atoms with van der Waals surface area (Å²) in [5.74, 6) is 2.18. The van der Waals surface area contributed by atoms with Crippen LogP contribution in [0.15, 0.2) is 36.4 Å². The van der Waals surface area contributed by atoms with Gasteiger partial charge in [0.2, 0.25) is 6.79 Å². The summed E-state index contributed by atoms with van der Waals surface area (Å²) in [7, 11) is 0. The van der Waals surface area contributed by atoms with E-state index < -0.39 is 0 Å². The molecule has 0 fully saturated rings. The predicted molar refractivity (Wildman–Crippen MR) is 72.8 cm³/mol. The first-order chi connectivity index (χ1) is 9.76. The van der Waals surface area contributed by atoms with Crippen LogP contribution in [0.4, 0.5) is 0 Å². The van der Waals surface area contributed by atoms with Crippen molar-refractivity contribution in [1.82, 2.24) is 0 Å². The number of aryl methyl sites for hydroxylation is 1. The van der Waals surface area contributed by atoms with Crippen LogP contribution in [0.2, 0.25) is 0 Å². The molecule has 2 aromatic carbocycles. The molecule has 0 aliphatic carbocycles. The summed E-state index contributed by atoms with van der Waals surface area (Å²) in [6.45, 7) is 2.68. The van der Waals surface area contributed by atoms with Crippen molar-refractivity contribution in [3.05, 3.63) is 53.1 Å². The Kier molecular flexibility index (Phi) is 3.18. The van der Waals surface area contributed by atoms with Gasteiger partial charge < -0.3 is 14.2 Å². The van der Waals surface area contributed by atoms with Crippen LogP contribution in [-0.2, 0) is 6.61 Å². The molecule has 1 heterocycles. The Balaban J connectivity index is 1.72. The smallest absolute Gasteiger partial charge is 0.231 e. The molecule has 0 spiro atoms. The maximum absolute atomic E-state index is 8.84. The molecule has 100 valence electrons. The molecule has 0 radical (unpaired) electrons. The van der Waals surface area contributed by atoms with Crippen LogP contribution in [0, 0.1) is 18.3 Å². The molecule has 4 nitrogen and oxygen atoms in total. The molecule has 0 bridgehead atoms. The van der Waals surface area contributed by atoms with Gasteiger partial charge in [-0.1, -0.05) is 6.07 Å². The number of nitriles is 1. The zero-order valence-corrected chi connectivity index (χ0v) is 11.1. The second-order valence-electron chi connectivity index (χ2n) is 4.56. The van der Waals surface area contributed by atoms with Gasteiger partial charge in [0.25, 0.3) is 0 Å². The normalized spacial score (nSPS) is 12.0. The molecule has 0 saturated carbocycles. The third-order valence-corrected chi connectivity index (χ3v) is 3.21. The van der Waals surface area contributed by atoms with Crippen LogP contribution in [-0.4, -0.2) is 6.79 Å². The fourth-order valence-corrected chi connectivity index (χ4v) is 2.06. The Hall–Kier alpha value is -2.67. The van der Waals surface area contributed by atoms with Gasteiger partial charge >= 0.3 is 0 Å². The number of nitrogens with zero attached hydrogens (tertiary/aromatic N) is 1. The van der Waals surface area contributed by atoms with Gasteiger partial charge in [0.05, 0.1) is 11.6 Å². The SMILES string of the molecule is Cc1cc(C#N)ccc1COc1ccc2c(c1)OCO2. The Labute approximate surface area is 117 Å². The van der Waals surface area contributed by atoms with Gasteiger partial charge in [-0.25, -0.2) is 0 Å². The second-order valence-corrected chi connectivity index (χ2v) is 4.56. The van der Waals surface area contributed by atoms with E-state index in [0.29, 0.717) is 17.9 Å². The number of rotatable bonds is 3. The highest BCUT2D eigenvalue weighted by Gasteiger charge is 2.13. The molecular weight excluding hydrogens is 254 g/mol. The van der Waals surface area contributed by atoms with Gasteiger partial charge in [-0.15, -0.1) is 0 Å². The number of ether oxygens (including phenoxy) is 3. The zero-order chi connectivity index (χ0) is 13.9. The van der Waals surface area contributed by atoms with Crippen molar-refractivity contribution in [2.24, 2.45) is 0 Å². The lowest BCUT2D eigenvalue weighted by molar-refractivity contribution is 0.173. The summed E-state index contributed by atoms with van der Waals surface area (Å²) in [6.07, 6.45) is 0. The van der Waals surface area contributed by atoms with E-state index in [1.807, 2.05) is 37.3 Å². The van der Waals surface area contributed by atoms with Crippen molar-refractivity contribution in [3.8, 4) is 23.3 Å². The topological polar surface area (TPSA) is 51.5 Å². The number of hydrogen-bond acceptors (Lipinski definition) is 4. The molecule has 0 aromatic heterocycles. The second kappa shape index (κ2) is 5.14. The van der Waals surface area contributed by atoms with Gasteiger partial charge in [-0.3, -0.25) is 0 Å². The average Bonchev–Trinajstić information content (AvgIpc) is 2.93. The maximum Gasteiger partial charge on any atom is 0.231 e. The maximum atomic E-state index is 8.84. The van der Waals surface area contributed by atoms with Crippen LogP contribution in [0.3, 0.4) is 0 Å². The van der Waals surface area contributed by atoms with E-state index >= 15 is 0 Å². The van der Waals surface area contributed by atoms with Crippen LogP contribution in [0.1, 0.15) is 16.7 Å². The van der Waals surface area contributed by atoms with Gasteiger partial charge in [-0.2, -0.15) is 5.26 Å². The highest BCUT2D eigenvalue weighted by Crippen LogP contribution is 2.35. The van der Waals surface area contributed by atoms with Crippen molar-refractivity contribution in [3.63, 3.8) is 0 Å². The van der Waals surface area contributed by atoms with E-state index in [9.17, 15) is 0 Å². The predicted octanol–water partition coefficient (Wildman–Crippen LogP) is 3.17. The van der Waals surface area contributed by atoms with E-state index in [2.05, 4.69) is 6.07 Å². The summed E-state index contributed by atoms with van der Waals surface area (Å²) < 4.78 is 16.3. The van der Waals surface area contributed by atoms with E-state index in [1.165, 1.54) is 0 Å². The van der Waals surface area contributed by atoms with Gasteiger partial charge in [-0.05, 0) is 42.3 Å². The summed E-state index contributed by atoms with van der Waals surface area (Å²) in [6, 6.07) is 13.2. The zero-order valence-electron chi connectivity index (χ0n) is 11.1. The molecule has 0 saturated heterocycles. The third-order valence-electron chi connectivity index (χ3n) is 3.21. The minimum absolute atomic E-state index is 0.257. The molecule has 3 rings (SSSR count). The van der Waals surface area contributed by atoms with Crippen molar-refractivity contribution in [1.29, 1.82) is 5.26 Å². The minimum Gasteiger partial charge on any atom is -0.489 e. The van der Waals surface area contributed by atoms with Gasteiger partial charge in [0, 0.05) is 6.07 Å². The average molecular weight is 267 g/mol. The molecular formula is C16H13NO3. The molecule has 0 unspecified atom stereocenters. The Morgan fingerprint density at radius 1 is 1.15 bits per heavy atom.